The van der Waals surface area contributed by atoms with Crippen LogP contribution in [0, 0.1) is 0 Å². The van der Waals surface area contributed by atoms with Gasteiger partial charge in [0.25, 0.3) is 5.56 Å². The zero-order valence-electron chi connectivity index (χ0n) is 10.8. The number of anilines is 1. The third-order valence-corrected chi connectivity index (χ3v) is 3.47. The van der Waals surface area contributed by atoms with Gasteiger partial charge in [0.05, 0.1) is 0 Å². The Bertz CT molecular complexity index is 532. The first-order valence-electron chi connectivity index (χ1n) is 5.90. The molecule has 1 N–H and O–H groups in total. The molecule has 0 radical (unpaired) electrons. The number of carboxylic acid groups (broad SMARTS) is 1. The standard InChI is InChI=1S/C12H17N3O3/c1-12(2,11(17)18)14(3)9-10(16)15(7-6-13-9)8-4-5-8/h6-8H,4-5H2,1-3H3,(H,17,18). The fourth-order valence-corrected chi connectivity index (χ4v) is 1.69. The van der Waals surface area contributed by atoms with Crippen LogP contribution in [0.5, 0.6) is 0 Å². The molecule has 6 heteroatoms. The third kappa shape index (κ3) is 1.98. The van der Waals surface area contributed by atoms with Crippen LogP contribution in [0.25, 0.3) is 0 Å². The lowest BCUT2D eigenvalue weighted by Gasteiger charge is -2.32. The number of hydrogen-bond acceptors (Lipinski definition) is 4. The van der Waals surface area contributed by atoms with E-state index < -0.39 is 11.5 Å². The molecule has 98 valence electrons. The Morgan fingerprint density at radius 2 is 2.17 bits per heavy atom. The second-order valence-corrected chi connectivity index (χ2v) is 5.12. The van der Waals surface area contributed by atoms with Crippen LogP contribution in [-0.4, -0.2) is 33.2 Å². The Morgan fingerprint density at radius 3 is 2.67 bits per heavy atom. The van der Waals surface area contributed by atoms with E-state index in [9.17, 15) is 14.7 Å². The van der Waals surface area contributed by atoms with E-state index >= 15 is 0 Å². The topological polar surface area (TPSA) is 75.4 Å². The number of aromatic nitrogens is 2. The molecule has 1 saturated carbocycles. The van der Waals surface area contributed by atoms with E-state index in [0.29, 0.717) is 0 Å². The van der Waals surface area contributed by atoms with E-state index in [4.69, 9.17) is 0 Å². The van der Waals surface area contributed by atoms with Crippen molar-refractivity contribution in [3.05, 3.63) is 22.7 Å². The lowest BCUT2D eigenvalue weighted by Crippen LogP contribution is -2.50. The van der Waals surface area contributed by atoms with Crippen LogP contribution in [0.4, 0.5) is 5.82 Å². The first kappa shape index (κ1) is 12.6. The van der Waals surface area contributed by atoms with Gasteiger partial charge >= 0.3 is 5.97 Å². The van der Waals surface area contributed by atoms with E-state index in [2.05, 4.69) is 4.98 Å². The maximum absolute atomic E-state index is 12.2. The monoisotopic (exact) mass is 251 g/mol. The minimum absolute atomic E-state index is 0.178. The predicted octanol–water partition coefficient (Wildman–Crippen LogP) is 0.878. The molecule has 1 heterocycles. The minimum atomic E-state index is -1.17. The number of rotatable bonds is 4. The van der Waals surface area contributed by atoms with Gasteiger partial charge in [-0.1, -0.05) is 0 Å². The van der Waals surface area contributed by atoms with E-state index in [1.54, 1.807) is 37.9 Å². The fourth-order valence-electron chi connectivity index (χ4n) is 1.69. The number of carboxylic acids is 1. The predicted molar refractivity (Wildman–Crippen MR) is 66.9 cm³/mol. The summed E-state index contributed by atoms with van der Waals surface area (Å²) in [6, 6.07) is 0.251. The quantitative estimate of drug-likeness (QED) is 0.859. The van der Waals surface area contributed by atoms with Crippen molar-refractivity contribution in [1.29, 1.82) is 0 Å². The number of likely N-dealkylation sites (N-methyl/N-ethyl adjacent to an activating group) is 1. The Labute approximate surface area is 105 Å². The molecule has 0 saturated heterocycles. The summed E-state index contributed by atoms with van der Waals surface area (Å²) in [7, 11) is 1.58. The van der Waals surface area contributed by atoms with Gasteiger partial charge in [0.15, 0.2) is 5.82 Å². The third-order valence-electron chi connectivity index (χ3n) is 3.47. The number of aliphatic carboxylic acids is 1. The summed E-state index contributed by atoms with van der Waals surface area (Å²) >= 11 is 0. The normalized spacial score (nSPS) is 15.5. The van der Waals surface area contributed by atoms with Gasteiger partial charge in [0.2, 0.25) is 0 Å². The molecule has 0 spiro atoms. The molecule has 1 aromatic heterocycles. The summed E-state index contributed by atoms with van der Waals surface area (Å²) < 4.78 is 1.64. The Balaban J connectivity index is 2.42. The first-order chi connectivity index (χ1) is 8.35. The molecule has 0 aromatic carbocycles. The van der Waals surface area contributed by atoms with E-state index in [-0.39, 0.29) is 17.4 Å². The summed E-state index contributed by atoms with van der Waals surface area (Å²) in [5.41, 5.74) is -1.40. The lowest BCUT2D eigenvalue weighted by atomic mass is 10.0. The van der Waals surface area contributed by atoms with Gasteiger partial charge in [-0.3, -0.25) is 4.79 Å². The van der Waals surface area contributed by atoms with Crippen molar-refractivity contribution in [1.82, 2.24) is 9.55 Å². The van der Waals surface area contributed by atoms with Gasteiger partial charge in [-0.2, -0.15) is 0 Å². The zero-order valence-corrected chi connectivity index (χ0v) is 10.8. The summed E-state index contributed by atoms with van der Waals surface area (Å²) in [6.45, 7) is 3.09. The van der Waals surface area contributed by atoms with E-state index in [0.717, 1.165) is 12.8 Å². The van der Waals surface area contributed by atoms with Gasteiger partial charge in [-0.15, -0.1) is 0 Å². The molecular weight excluding hydrogens is 234 g/mol. The number of hydrogen-bond donors (Lipinski definition) is 1. The van der Waals surface area contributed by atoms with Crippen LogP contribution in [-0.2, 0) is 4.79 Å². The fraction of sp³-hybridized carbons (Fsp3) is 0.583. The zero-order chi connectivity index (χ0) is 13.5. The molecule has 0 aliphatic heterocycles. The highest BCUT2D eigenvalue weighted by molar-refractivity contribution is 5.81. The molecule has 1 aromatic rings. The van der Waals surface area contributed by atoms with Crippen molar-refractivity contribution >= 4 is 11.8 Å². The van der Waals surface area contributed by atoms with E-state index in [1.807, 2.05) is 0 Å². The van der Waals surface area contributed by atoms with Gasteiger partial charge in [-0.05, 0) is 26.7 Å². The van der Waals surface area contributed by atoms with Crippen LogP contribution < -0.4 is 10.5 Å². The molecule has 1 aliphatic rings. The minimum Gasteiger partial charge on any atom is -0.480 e. The molecule has 6 nitrogen and oxygen atoms in total. The van der Waals surface area contributed by atoms with Crippen LogP contribution in [0.3, 0.4) is 0 Å². The smallest absolute Gasteiger partial charge is 0.328 e. The van der Waals surface area contributed by atoms with Gasteiger partial charge in [0.1, 0.15) is 5.54 Å². The summed E-state index contributed by atoms with van der Waals surface area (Å²) in [4.78, 5) is 28.9. The summed E-state index contributed by atoms with van der Waals surface area (Å²) in [5.74, 6) is -0.815. The highest BCUT2D eigenvalue weighted by Crippen LogP contribution is 2.33. The van der Waals surface area contributed by atoms with Crippen molar-refractivity contribution < 1.29 is 9.90 Å². The molecule has 0 bridgehead atoms. The van der Waals surface area contributed by atoms with Crippen molar-refractivity contribution in [2.45, 2.75) is 38.3 Å². The second kappa shape index (κ2) is 4.12. The average molecular weight is 251 g/mol. The molecule has 0 atom stereocenters. The first-order valence-corrected chi connectivity index (χ1v) is 5.90. The Hall–Kier alpha value is -1.85. The van der Waals surface area contributed by atoms with Crippen LogP contribution in [0.15, 0.2) is 17.2 Å². The molecule has 2 rings (SSSR count). The van der Waals surface area contributed by atoms with Crippen LogP contribution in [0.1, 0.15) is 32.7 Å². The van der Waals surface area contributed by atoms with Crippen molar-refractivity contribution in [2.24, 2.45) is 0 Å². The highest BCUT2D eigenvalue weighted by Gasteiger charge is 2.35. The molecule has 1 aliphatic carbocycles. The van der Waals surface area contributed by atoms with Gasteiger partial charge < -0.3 is 14.6 Å². The number of carbonyl (C=O) groups is 1. The van der Waals surface area contributed by atoms with Crippen molar-refractivity contribution in [2.75, 3.05) is 11.9 Å². The molecule has 0 amide bonds. The SMILES string of the molecule is CN(c1nccn(C2CC2)c1=O)C(C)(C)C(=O)O. The van der Waals surface area contributed by atoms with Crippen LogP contribution in [0.2, 0.25) is 0 Å². The number of nitrogens with zero attached hydrogens (tertiary/aromatic N) is 3. The van der Waals surface area contributed by atoms with Gasteiger partial charge in [0, 0.05) is 25.5 Å². The second-order valence-electron chi connectivity index (χ2n) is 5.12. The van der Waals surface area contributed by atoms with Gasteiger partial charge in [-0.25, -0.2) is 9.78 Å². The van der Waals surface area contributed by atoms with Crippen molar-refractivity contribution in [3.8, 4) is 0 Å². The maximum atomic E-state index is 12.2. The lowest BCUT2D eigenvalue weighted by molar-refractivity contribution is -0.142. The molecule has 0 unspecified atom stereocenters. The molecular formula is C12H17N3O3. The largest absolute Gasteiger partial charge is 0.480 e. The maximum Gasteiger partial charge on any atom is 0.328 e. The Morgan fingerprint density at radius 1 is 1.56 bits per heavy atom. The summed E-state index contributed by atoms with van der Waals surface area (Å²) in [6.07, 6.45) is 5.19. The van der Waals surface area contributed by atoms with Crippen LogP contribution >= 0.6 is 0 Å². The average Bonchev–Trinajstić information content (AvgIpc) is 3.12. The van der Waals surface area contributed by atoms with Crippen molar-refractivity contribution in [3.63, 3.8) is 0 Å². The highest BCUT2D eigenvalue weighted by atomic mass is 16.4. The molecule has 1 fully saturated rings. The summed E-state index contributed by atoms with van der Waals surface area (Å²) in [5, 5.41) is 9.18. The van der Waals surface area contributed by atoms with E-state index in [1.165, 1.54) is 4.90 Å². The molecule has 18 heavy (non-hydrogen) atoms. The Kier molecular flexibility index (Phi) is 2.88.